The minimum Gasteiger partial charge on any atom is -0.507 e. The minimum atomic E-state index is -2.76. The fraction of sp³-hybridized carbons (Fsp3) is 0.452. The van der Waals surface area contributed by atoms with E-state index in [-0.39, 0.29) is 30.9 Å². The fourth-order valence-electron chi connectivity index (χ4n) is 7.56. The number of nitrogens with two attached hydrogens (primary N) is 1. The molecule has 2 aromatic carbocycles. The summed E-state index contributed by atoms with van der Waals surface area (Å²) in [6.45, 7) is 0.606. The van der Waals surface area contributed by atoms with E-state index < -0.39 is 64.4 Å². The van der Waals surface area contributed by atoms with Crippen LogP contribution in [0.4, 0.5) is 0 Å². The van der Waals surface area contributed by atoms with Gasteiger partial charge in [-0.2, -0.15) is 0 Å². The highest BCUT2D eigenvalue weighted by molar-refractivity contribution is 6.32. The third-order valence-electron chi connectivity index (χ3n) is 9.32. The molecule has 2 aromatic rings. The van der Waals surface area contributed by atoms with Crippen LogP contribution in [0.15, 0.2) is 24.3 Å². The lowest BCUT2D eigenvalue weighted by atomic mass is 9.52. The van der Waals surface area contributed by atoms with Crippen molar-refractivity contribution in [2.75, 3.05) is 35.0 Å². The summed E-state index contributed by atoms with van der Waals surface area (Å²) in [5.74, 6) is -9.67. The Morgan fingerprint density at radius 2 is 1.70 bits per heavy atom. The highest BCUT2D eigenvalue weighted by Crippen LogP contribution is 2.52. The Labute approximate surface area is 247 Å². The van der Waals surface area contributed by atoms with E-state index in [1.807, 2.05) is 31.1 Å². The SMILES string of the molecule is CN(C)Cc1cc2c(cc1-c1ccc(O)c3c1C[C@H]1C[C@H]4[C@H](N(C)C)C(=O)C(C(N)=O)C(=O)[C@@]4(O)C(=O)C1C3=O)OCO2. The van der Waals surface area contributed by atoms with Crippen LogP contribution < -0.4 is 15.2 Å². The summed E-state index contributed by atoms with van der Waals surface area (Å²) in [4.78, 5) is 70.6. The van der Waals surface area contributed by atoms with Crippen LogP contribution in [-0.2, 0) is 32.1 Å². The summed E-state index contributed by atoms with van der Waals surface area (Å²) < 4.78 is 11.2. The van der Waals surface area contributed by atoms with Gasteiger partial charge in [0.1, 0.15) is 5.75 Å². The number of fused-ring (bicyclic) bond motifs is 4. The topological polar surface area (TPSA) is 177 Å². The number of carbonyl (C=O) groups is 5. The summed E-state index contributed by atoms with van der Waals surface area (Å²) in [7, 11) is 6.94. The van der Waals surface area contributed by atoms with Crippen molar-refractivity contribution in [2.24, 2.45) is 29.4 Å². The number of nitrogens with zero attached hydrogens (tertiary/aromatic N) is 2. The molecule has 12 nitrogen and oxygen atoms in total. The van der Waals surface area contributed by atoms with E-state index >= 15 is 0 Å². The largest absolute Gasteiger partial charge is 0.507 e. The van der Waals surface area contributed by atoms with E-state index in [1.54, 1.807) is 20.2 Å². The zero-order valence-electron chi connectivity index (χ0n) is 24.2. The molecule has 12 heteroatoms. The van der Waals surface area contributed by atoms with Gasteiger partial charge in [-0.3, -0.25) is 28.9 Å². The van der Waals surface area contributed by atoms with Gasteiger partial charge in [0.2, 0.25) is 12.7 Å². The van der Waals surface area contributed by atoms with Gasteiger partial charge in [0.15, 0.2) is 46.2 Å². The normalized spacial score (nSPS) is 29.5. The molecule has 226 valence electrons. The molecule has 6 atom stereocenters. The van der Waals surface area contributed by atoms with Crippen LogP contribution >= 0.6 is 0 Å². The van der Waals surface area contributed by atoms with E-state index in [2.05, 4.69) is 0 Å². The highest BCUT2D eigenvalue weighted by Gasteiger charge is 2.69. The smallest absolute Gasteiger partial charge is 0.235 e. The number of carbonyl (C=O) groups excluding carboxylic acids is 5. The Balaban J connectivity index is 1.50. The van der Waals surface area contributed by atoms with Crippen molar-refractivity contribution in [3.63, 3.8) is 0 Å². The van der Waals surface area contributed by atoms with Gasteiger partial charge in [-0.15, -0.1) is 0 Å². The van der Waals surface area contributed by atoms with Crippen molar-refractivity contribution in [1.29, 1.82) is 0 Å². The standard InChI is InChI=1S/C31H33N3O9/c1-33(2)11-14-9-20-21(43-12-42-20)10-16(14)15-5-6-19(35)23-17(15)7-13-8-18-25(34(3)4)27(37)24(30(32)40)29(39)31(18,41)28(38)22(13)26(23)36/h5-6,9-10,13,18,22,24-25,35,41H,7-8,11-12H2,1-4H3,(H2,32,40)/t13-,18-,22?,24?,25-,31-/m0/s1. The number of aliphatic hydroxyl groups is 1. The van der Waals surface area contributed by atoms with Crippen LogP contribution in [0.5, 0.6) is 17.2 Å². The van der Waals surface area contributed by atoms with Crippen LogP contribution in [0.1, 0.15) is 27.9 Å². The first-order valence-corrected chi connectivity index (χ1v) is 14.0. The number of rotatable bonds is 5. The maximum atomic E-state index is 14.1. The molecular formula is C31H33N3O9. The summed E-state index contributed by atoms with van der Waals surface area (Å²) in [5.41, 5.74) is 5.40. The molecule has 1 aliphatic heterocycles. The number of ketones is 4. The number of aromatic hydroxyl groups is 1. The van der Waals surface area contributed by atoms with E-state index in [0.717, 1.165) is 11.1 Å². The molecule has 1 amide bonds. The highest BCUT2D eigenvalue weighted by atomic mass is 16.7. The third kappa shape index (κ3) is 4.11. The van der Waals surface area contributed by atoms with Gasteiger partial charge in [-0.25, -0.2) is 0 Å². The molecule has 0 saturated heterocycles. The monoisotopic (exact) mass is 591 g/mol. The number of primary amides is 1. The Morgan fingerprint density at radius 1 is 1.02 bits per heavy atom. The second-order valence-corrected chi connectivity index (χ2v) is 12.4. The molecule has 2 fully saturated rings. The van der Waals surface area contributed by atoms with Crippen LogP contribution in [0.3, 0.4) is 0 Å². The quantitative estimate of drug-likeness (QED) is 0.408. The van der Waals surface area contributed by atoms with Gasteiger partial charge in [0, 0.05) is 12.5 Å². The Morgan fingerprint density at radius 3 is 2.33 bits per heavy atom. The van der Waals surface area contributed by atoms with E-state index in [9.17, 15) is 34.2 Å². The van der Waals surface area contributed by atoms with E-state index in [4.69, 9.17) is 15.2 Å². The number of benzene rings is 2. The van der Waals surface area contributed by atoms with Crippen LogP contribution in [0, 0.1) is 23.7 Å². The zero-order valence-corrected chi connectivity index (χ0v) is 24.2. The molecule has 43 heavy (non-hydrogen) atoms. The van der Waals surface area contributed by atoms with Crippen molar-refractivity contribution in [3.05, 3.63) is 41.0 Å². The Hall–Kier alpha value is -4.13. The maximum Gasteiger partial charge on any atom is 0.235 e. The summed E-state index contributed by atoms with van der Waals surface area (Å²) in [6.07, 6.45) is 0.135. The van der Waals surface area contributed by atoms with E-state index in [1.165, 1.54) is 11.0 Å². The summed E-state index contributed by atoms with van der Waals surface area (Å²) in [6, 6.07) is 5.65. The Bertz CT molecular complexity index is 1620. The first-order chi connectivity index (χ1) is 20.3. The molecule has 2 unspecified atom stereocenters. The number of phenols is 1. The lowest BCUT2D eigenvalue weighted by Crippen LogP contribution is -2.74. The molecule has 4 N–H and O–H groups in total. The van der Waals surface area contributed by atoms with Crippen molar-refractivity contribution in [1.82, 2.24) is 9.80 Å². The fourth-order valence-corrected chi connectivity index (χ4v) is 7.56. The number of amides is 1. The molecule has 3 aliphatic carbocycles. The van der Waals surface area contributed by atoms with Crippen molar-refractivity contribution in [2.45, 2.75) is 31.0 Å². The van der Waals surface area contributed by atoms with Gasteiger partial charge < -0.3 is 30.3 Å². The Kier molecular flexibility index (Phi) is 6.71. The lowest BCUT2D eigenvalue weighted by molar-refractivity contribution is -0.181. The second-order valence-electron chi connectivity index (χ2n) is 12.4. The average Bonchev–Trinajstić information content (AvgIpc) is 3.37. The van der Waals surface area contributed by atoms with Crippen molar-refractivity contribution >= 4 is 29.0 Å². The van der Waals surface area contributed by atoms with Gasteiger partial charge in [0.05, 0.1) is 17.5 Å². The maximum absolute atomic E-state index is 14.1. The molecule has 0 radical (unpaired) electrons. The molecule has 4 aliphatic rings. The van der Waals surface area contributed by atoms with Gasteiger partial charge in [-0.05, 0) is 87.4 Å². The van der Waals surface area contributed by atoms with Crippen LogP contribution in [0.25, 0.3) is 11.1 Å². The van der Waals surface area contributed by atoms with Crippen LogP contribution in [-0.4, -0.2) is 95.7 Å². The predicted octanol–water partition coefficient (Wildman–Crippen LogP) is 0.324. The first-order valence-electron chi connectivity index (χ1n) is 14.0. The molecule has 0 spiro atoms. The number of Topliss-reactive ketones (excluding diaryl/α,β-unsaturated/α-hetero) is 4. The third-order valence-corrected chi connectivity index (χ3v) is 9.32. The summed E-state index contributed by atoms with van der Waals surface area (Å²) >= 11 is 0. The first kappa shape index (κ1) is 29.0. The molecule has 6 rings (SSSR count). The molecule has 0 aromatic heterocycles. The molecule has 2 saturated carbocycles. The van der Waals surface area contributed by atoms with Gasteiger partial charge >= 0.3 is 0 Å². The minimum absolute atomic E-state index is 0.0231. The number of phenolic OH excluding ortho intramolecular Hbond substituents is 1. The van der Waals surface area contributed by atoms with Gasteiger partial charge in [-0.1, -0.05) is 6.07 Å². The van der Waals surface area contributed by atoms with Crippen molar-refractivity contribution < 1.29 is 43.7 Å². The van der Waals surface area contributed by atoms with E-state index in [0.29, 0.717) is 29.2 Å². The van der Waals surface area contributed by atoms with Crippen molar-refractivity contribution in [3.8, 4) is 28.4 Å². The van der Waals surface area contributed by atoms with Crippen LogP contribution in [0.2, 0.25) is 0 Å². The lowest BCUT2D eigenvalue weighted by Gasteiger charge is -2.52. The average molecular weight is 592 g/mol. The zero-order chi connectivity index (χ0) is 31.1. The molecular weight excluding hydrogens is 558 g/mol. The number of hydrogen-bond acceptors (Lipinski definition) is 11. The predicted molar refractivity (Wildman–Crippen MR) is 150 cm³/mol. The number of ether oxygens (including phenoxy) is 2. The summed E-state index contributed by atoms with van der Waals surface area (Å²) in [5, 5.41) is 22.7. The van der Waals surface area contributed by atoms with Gasteiger partial charge in [0.25, 0.3) is 0 Å². The second kappa shape index (κ2) is 9.97. The molecule has 1 heterocycles. The number of likely N-dealkylation sites (N-methyl/N-ethyl adjacent to an activating group) is 1. The number of hydrogen-bond donors (Lipinski definition) is 3. The molecule has 0 bridgehead atoms.